The molecule has 0 bridgehead atoms. The lowest BCUT2D eigenvalue weighted by atomic mass is 9.86. The molecule has 6 heteroatoms. The largest absolute Gasteiger partial charge is 0.493 e. The van der Waals surface area contributed by atoms with Crippen LogP contribution in [0.25, 0.3) is 0 Å². The molecule has 25 heavy (non-hydrogen) atoms. The van der Waals surface area contributed by atoms with E-state index in [0.717, 1.165) is 29.9 Å². The van der Waals surface area contributed by atoms with Crippen molar-refractivity contribution in [3.63, 3.8) is 0 Å². The van der Waals surface area contributed by atoms with Crippen molar-refractivity contribution in [3.8, 4) is 11.5 Å². The van der Waals surface area contributed by atoms with Crippen LogP contribution >= 0.6 is 0 Å². The number of esters is 1. The summed E-state index contributed by atoms with van der Waals surface area (Å²) < 4.78 is 21.7. The summed E-state index contributed by atoms with van der Waals surface area (Å²) in [6.07, 6.45) is 2.41. The van der Waals surface area contributed by atoms with Crippen molar-refractivity contribution in [2.45, 2.75) is 18.4 Å². The number of benzene rings is 1. The fraction of sp³-hybridized carbons (Fsp3) is 0.421. The number of hydrogen-bond acceptors (Lipinski definition) is 6. The van der Waals surface area contributed by atoms with E-state index in [0.29, 0.717) is 11.5 Å². The Balaban J connectivity index is 2.21. The zero-order valence-electron chi connectivity index (χ0n) is 14.9. The van der Waals surface area contributed by atoms with Gasteiger partial charge in [0.25, 0.3) is 0 Å². The van der Waals surface area contributed by atoms with Crippen LogP contribution in [-0.2, 0) is 16.0 Å². The number of carbonyl (C=O) groups excluding carboxylic acids is 1. The highest BCUT2D eigenvalue weighted by molar-refractivity contribution is 5.78. The van der Waals surface area contributed by atoms with Gasteiger partial charge in [-0.25, -0.2) is 0 Å². The summed E-state index contributed by atoms with van der Waals surface area (Å²) in [5, 5.41) is 0. The van der Waals surface area contributed by atoms with E-state index in [1.165, 1.54) is 7.11 Å². The third-order valence-corrected chi connectivity index (χ3v) is 4.80. The van der Waals surface area contributed by atoms with E-state index in [1.807, 2.05) is 36.2 Å². The zero-order chi connectivity index (χ0) is 18.0. The highest BCUT2D eigenvalue weighted by atomic mass is 16.5. The van der Waals surface area contributed by atoms with Gasteiger partial charge < -0.3 is 18.6 Å². The Kier molecular flexibility index (Phi) is 4.99. The average Bonchev–Trinajstić information content (AvgIpc) is 3.12. The van der Waals surface area contributed by atoms with Crippen molar-refractivity contribution in [1.29, 1.82) is 0 Å². The number of likely N-dealkylation sites (N-methyl/N-ethyl adjacent to an activating group) is 1. The summed E-state index contributed by atoms with van der Waals surface area (Å²) in [5.74, 6) is 1.46. The number of methoxy groups -OCH3 is 3. The molecule has 0 saturated carbocycles. The lowest BCUT2D eigenvalue weighted by Crippen LogP contribution is -2.43. The number of rotatable bonds is 4. The van der Waals surface area contributed by atoms with Gasteiger partial charge in [-0.1, -0.05) is 0 Å². The Hall–Kier alpha value is -2.47. The predicted molar refractivity (Wildman–Crippen MR) is 92.2 cm³/mol. The smallest absolute Gasteiger partial charge is 0.324 e. The van der Waals surface area contributed by atoms with E-state index >= 15 is 0 Å². The van der Waals surface area contributed by atoms with Gasteiger partial charge >= 0.3 is 5.97 Å². The first-order valence-electron chi connectivity index (χ1n) is 8.17. The van der Waals surface area contributed by atoms with Crippen molar-refractivity contribution in [2.24, 2.45) is 0 Å². The second kappa shape index (κ2) is 7.19. The van der Waals surface area contributed by atoms with Gasteiger partial charge in [-0.05, 0) is 48.9 Å². The Morgan fingerprint density at radius 2 is 1.92 bits per heavy atom. The molecular formula is C19H23NO5. The third kappa shape index (κ3) is 3.09. The van der Waals surface area contributed by atoms with Gasteiger partial charge in [-0.15, -0.1) is 0 Å². The van der Waals surface area contributed by atoms with Crippen LogP contribution in [0, 0.1) is 0 Å². The summed E-state index contributed by atoms with van der Waals surface area (Å²) >= 11 is 0. The van der Waals surface area contributed by atoms with E-state index in [1.54, 1.807) is 20.5 Å². The molecule has 3 rings (SSSR count). The summed E-state index contributed by atoms with van der Waals surface area (Å²) in [4.78, 5) is 14.6. The molecule has 0 N–H and O–H groups in total. The molecule has 0 radical (unpaired) electrons. The Morgan fingerprint density at radius 1 is 1.20 bits per heavy atom. The van der Waals surface area contributed by atoms with Crippen LogP contribution in [0.4, 0.5) is 0 Å². The molecule has 0 aliphatic carbocycles. The number of ether oxygens (including phenoxy) is 3. The van der Waals surface area contributed by atoms with Crippen LogP contribution in [0.15, 0.2) is 34.9 Å². The minimum Gasteiger partial charge on any atom is -0.493 e. The highest BCUT2D eigenvalue weighted by Crippen LogP contribution is 2.41. The maximum Gasteiger partial charge on any atom is 0.324 e. The Bertz CT molecular complexity index is 741. The van der Waals surface area contributed by atoms with Gasteiger partial charge in [-0.3, -0.25) is 9.69 Å². The van der Waals surface area contributed by atoms with Gasteiger partial charge in [0.15, 0.2) is 11.5 Å². The fourth-order valence-corrected chi connectivity index (χ4v) is 3.52. The molecule has 1 aliphatic rings. The molecule has 1 aromatic heterocycles. The molecule has 2 unspecified atom stereocenters. The van der Waals surface area contributed by atoms with E-state index in [9.17, 15) is 4.79 Å². The molecule has 0 spiro atoms. The van der Waals surface area contributed by atoms with E-state index < -0.39 is 6.04 Å². The second-order valence-corrected chi connectivity index (χ2v) is 6.10. The molecule has 2 aromatic rings. The lowest BCUT2D eigenvalue weighted by Gasteiger charge is -2.29. The molecule has 1 aromatic carbocycles. The third-order valence-electron chi connectivity index (χ3n) is 4.80. The van der Waals surface area contributed by atoms with Crippen LogP contribution in [-0.4, -0.2) is 51.8 Å². The monoisotopic (exact) mass is 345 g/mol. The molecule has 2 heterocycles. The van der Waals surface area contributed by atoms with Crippen molar-refractivity contribution in [3.05, 3.63) is 47.4 Å². The van der Waals surface area contributed by atoms with Crippen LogP contribution < -0.4 is 9.47 Å². The van der Waals surface area contributed by atoms with Gasteiger partial charge in [0, 0.05) is 6.54 Å². The highest BCUT2D eigenvalue weighted by Gasteiger charge is 2.40. The van der Waals surface area contributed by atoms with Crippen LogP contribution in [0.2, 0.25) is 0 Å². The van der Waals surface area contributed by atoms with Gasteiger partial charge in [0.2, 0.25) is 0 Å². The average molecular weight is 345 g/mol. The van der Waals surface area contributed by atoms with Crippen LogP contribution in [0.3, 0.4) is 0 Å². The molecule has 1 aliphatic heterocycles. The fourth-order valence-electron chi connectivity index (χ4n) is 3.52. The zero-order valence-corrected chi connectivity index (χ0v) is 14.9. The quantitative estimate of drug-likeness (QED) is 0.794. The number of furan rings is 1. The van der Waals surface area contributed by atoms with Crippen molar-refractivity contribution < 1.29 is 23.4 Å². The SMILES string of the molecule is COC(=O)C1C(c2ccco2)c2cc(OC)c(OC)cc2CCN1C. The van der Waals surface area contributed by atoms with Crippen LogP contribution in [0.1, 0.15) is 22.8 Å². The summed E-state index contributed by atoms with van der Waals surface area (Å²) in [7, 11) is 6.56. The maximum absolute atomic E-state index is 12.6. The van der Waals surface area contributed by atoms with E-state index in [2.05, 4.69) is 0 Å². The summed E-state index contributed by atoms with van der Waals surface area (Å²) in [6, 6.07) is 7.17. The number of nitrogens with zero attached hydrogens (tertiary/aromatic N) is 1. The minimum atomic E-state index is -0.476. The number of fused-ring (bicyclic) bond motifs is 1. The molecule has 6 nitrogen and oxygen atoms in total. The van der Waals surface area contributed by atoms with Crippen molar-refractivity contribution in [2.75, 3.05) is 34.9 Å². The molecule has 0 saturated heterocycles. The minimum absolute atomic E-state index is 0.286. The Labute approximate surface area is 147 Å². The van der Waals surface area contributed by atoms with Crippen LogP contribution in [0.5, 0.6) is 11.5 Å². The van der Waals surface area contributed by atoms with Crippen molar-refractivity contribution >= 4 is 5.97 Å². The first kappa shape index (κ1) is 17.4. The molecule has 0 fully saturated rings. The summed E-state index contributed by atoms with van der Waals surface area (Å²) in [5.41, 5.74) is 2.10. The summed E-state index contributed by atoms with van der Waals surface area (Å²) in [6.45, 7) is 0.722. The Morgan fingerprint density at radius 3 is 2.52 bits per heavy atom. The maximum atomic E-state index is 12.6. The van der Waals surface area contributed by atoms with Gasteiger partial charge in [0.1, 0.15) is 11.8 Å². The standard InChI is InChI=1S/C19H23NO5/c1-20-8-7-12-10-15(22-2)16(23-3)11-13(12)17(14-6-5-9-25-14)18(20)19(21)24-4/h5-6,9-11,17-18H,7-8H2,1-4H3. The number of carbonyl (C=O) groups is 1. The van der Waals surface area contributed by atoms with Gasteiger partial charge in [-0.2, -0.15) is 0 Å². The topological polar surface area (TPSA) is 61.1 Å². The second-order valence-electron chi connectivity index (χ2n) is 6.10. The molecular weight excluding hydrogens is 322 g/mol. The van der Waals surface area contributed by atoms with E-state index in [-0.39, 0.29) is 11.9 Å². The number of hydrogen-bond donors (Lipinski definition) is 0. The molecule has 134 valence electrons. The molecule has 0 amide bonds. The van der Waals surface area contributed by atoms with E-state index in [4.69, 9.17) is 18.6 Å². The predicted octanol–water partition coefficient (Wildman–Crippen LogP) is 2.46. The lowest BCUT2D eigenvalue weighted by molar-refractivity contribution is -0.147. The van der Waals surface area contributed by atoms with Crippen molar-refractivity contribution in [1.82, 2.24) is 4.90 Å². The first-order valence-corrected chi connectivity index (χ1v) is 8.17. The first-order chi connectivity index (χ1) is 12.1. The normalized spacial score (nSPS) is 20.5. The molecule has 2 atom stereocenters. The van der Waals surface area contributed by atoms with Gasteiger partial charge in [0.05, 0.1) is 33.5 Å².